The van der Waals surface area contributed by atoms with Crippen LogP contribution in [0.5, 0.6) is 0 Å². The standard InChI is InChI=1S/C25H37F3N6O4/c1-12(33-23(2,3)4)17(32-22(38)25(26,27)28)21(37)34-11-15-16(24(15,5)6)18(34)20(36)31-14(10-29)9-13-7-8-30-19(13)35/h12-18,33H,7-9,11H2,1-6H3,(H,30,35)(H,31,36)(H,32,38)/t12?,13-,14-,15-,16?,17-,18-/m0/s1. The molecule has 2 heterocycles. The Balaban J connectivity index is 1.84. The van der Waals surface area contributed by atoms with E-state index in [4.69, 9.17) is 0 Å². The molecule has 13 heteroatoms. The third kappa shape index (κ3) is 6.22. The Bertz CT molecular complexity index is 1020. The minimum atomic E-state index is -5.20. The molecule has 1 saturated carbocycles. The van der Waals surface area contributed by atoms with E-state index in [2.05, 4.69) is 16.0 Å². The van der Waals surface area contributed by atoms with Crippen LogP contribution in [0.3, 0.4) is 0 Å². The molecule has 2 unspecified atom stereocenters. The lowest BCUT2D eigenvalue weighted by Gasteiger charge is -2.37. The summed E-state index contributed by atoms with van der Waals surface area (Å²) in [5.41, 5.74) is -0.869. The van der Waals surface area contributed by atoms with Gasteiger partial charge in [-0.1, -0.05) is 13.8 Å². The highest BCUT2D eigenvalue weighted by molar-refractivity contribution is 5.95. The zero-order valence-corrected chi connectivity index (χ0v) is 22.5. The number of carbonyl (C=O) groups excluding carboxylic acids is 4. The lowest BCUT2D eigenvalue weighted by atomic mass is 9.96. The lowest BCUT2D eigenvalue weighted by Crippen LogP contribution is -2.64. The van der Waals surface area contributed by atoms with Crippen LogP contribution in [-0.2, 0) is 19.2 Å². The number of rotatable bonds is 8. The Morgan fingerprint density at radius 3 is 2.34 bits per heavy atom. The first-order valence-corrected chi connectivity index (χ1v) is 12.8. The van der Waals surface area contributed by atoms with Gasteiger partial charge in [0.05, 0.1) is 6.07 Å². The van der Waals surface area contributed by atoms with E-state index >= 15 is 0 Å². The van der Waals surface area contributed by atoms with Crippen molar-refractivity contribution in [3.8, 4) is 6.07 Å². The van der Waals surface area contributed by atoms with Gasteiger partial charge in [-0.05, 0) is 57.8 Å². The van der Waals surface area contributed by atoms with Gasteiger partial charge in [-0.25, -0.2) is 0 Å². The first-order valence-electron chi connectivity index (χ1n) is 12.8. The van der Waals surface area contributed by atoms with Crippen LogP contribution < -0.4 is 21.3 Å². The van der Waals surface area contributed by atoms with E-state index in [1.807, 2.05) is 25.2 Å². The second-order valence-electron chi connectivity index (χ2n) is 12.2. The summed E-state index contributed by atoms with van der Waals surface area (Å²) in [6, 6.07) is -2.48. The van der Waals surface area contributed by atoms with E-state index in [-0.39, 0.29) is 36.1 Å². The topological polar surface area (TPSA) is 143 Å². The molecular formula is C25H37F3N6O4. The van der Waals surface area contributed by atoms with Gasteiger partial charge in [-0.3, -0.25) is 19.2 Å². The molecular weight excluding hydrogens is 505 g/mol. The fourth-order valence-electron chi connectivity index (χ4n) is 5.94. The second-order valence-corrected chi connectivity index (χ2v) is 12.2. The minimum absolute atomic E-state index is 0.0619. The maximum absolute atomic E-state index is 13.7. The van der Waals surface area contributed by atoms with Gasteiger partial charge >= 0.3 is 12.1 Å². The van der Waals surface area contributed by atoms with E-state index in [0.29, 0.717) is 13.0 Å². The quantitative estimate of drug-likeness (QED) is 0.358. The van der Waals surface area contributed by atoms with Crippen LogP contribution in [0.1, 0.15) is 54.4 Å². The highest BCUT2D eigenvalue weighted by Gasteiger charge is 2.69. The molecule has 0 bridgehead atoms. The molecule has 1 aliphatic carbocycles. The summed E-state index contributed by atoms with van der Waals surface area (Å²) in [7, 11) is 0. The van der Waals surface area contributed by atoms with Crippen LogP contribution in [0.2, 0.25) is 0 Å². The number of carbonyl (C=O) groups is 4. The van der Waals surface area contributed by atoms with Crippen molar-refractivity contribution in [2.75, 3.05) is 13.1 Å². The highest BCUT2D eigenvalue weighted by atomic mass is 19.4. The number of likely N-dealkylation sites (tertiary alicyclic amines) is 1. The molecule has 4 N–H and O–H groups in total. The Kier molecular flexibility index (Phi) is 8.09. The van der Waals surface area contributed by atoms with Crippen LogP contribution in [-0.4, -0.2) is 77.5 Å². The number of alkyl halides is 3. The Morgan fingerprint density at radius 2 is 1.84 bits per heavy atom. The molecule has 4 amide bonds. The third-order valence-corrected chi connectivity index (χ3v) is 7.89. The van der Waals surface area contributed by atoms with Crippen LogP contribution >= 0.6 is 0 Å². The summed E-state index contributed by atoms with van der Waals surface area (Å²) < 4.78 is 39.4. The number of piperidine rings is 1. The van der Waals surface area contributed by atoms with Gasteiger partial charge in [0.15, 0.2) is 0 Å². The lowest BCUT2D eigenvalue weighted by molar-refractivity contribution is -0.175. The van der Waals surface area contributed by atoms with Crippen molar-refractivity contribution in [2.45, 2.75) is 90.3 Å². The van der Waals surface area contributed by atoms with Crippen molar-refractivity contribution in [1.82, 2.24) is 26.2 Å². The van der Waals surface area contributed by atoms with Crippen molar-refractivity contribution in [3.05, 3.63) is 0 Å². The maximum Gasteiger partial charge on any atom is 0.471 e. The van der Waals surface area contributed by atoms with Gasteiger partial charge in [-0.2, -0.15) is 18.4 Å². The summed E-state index contributed by atoms with van der Waals surface area (Å²) in [4.78, 5) is 52.2. The number of hydrogen-bond donors (Lipinski definition) is 4. The summed E-state index contributed by atoms with van der Waals surface area (Å²) in [6.45, 7) is 11.3. The second kappa shape index (κ2) is 10.4. The van der Waals surface area contributed by atoms with Gasteiger partial charge in [0.1, 0.15) is 18.1 Å². The number of halogens is 3. The van der Waals surface area contributed by atoms with Crippen molar-refractivity contribution >= 4 is 23.6 Å². The molecule has 10 nitrogen and oxygen atoms in total. The van der Waals surface area contributed by atoms with Crippen molar-refractivity contribution in [1.29, 1.82) is 5.26 Å². The van der Waals surface area contributed by atoms with Crippen LogP contribution in [0.15, 0.2) is 0 Å². The summed E-state index contributed by atoms with van der Waals surface area (Å²) >= 11 is 0. The fourth-order valence-corrected chi connectivity index (χ4v) is 5.94. The van der Waals surface area contributed by atoms with E-state index in [9.17, 15) is 37.6 Å². The molecule has 2 aliphatic heterocycles. The monoisotopic (exact) mass is 542 g/mol. The van der Waals surface area contributed by atoms with Gasteiger partial charge in [0.2, 0.25) is 17.7 Å². The zero-order valence-electron chi connectivity index (χ0n) is 22.5. The molecule has 2 saturated heterocycles. The number of fused-ring (bicyclic) bond motifs is 1. The molecule has 38 heavy (non-hydrogen) atoms. The van der Waals surface area contributed by atoms with Crippen LogP contribution in [0, 0.1) is 34.5 Å². The van der Waals surface area contributed by atoms with Gasteiger partial charge in [0, 0.05) is 30.6 Å². The largest absolute Gasteiger partial charge is 0.471 e. The molecule has 0 aromatic carbocycles. The van der Waals surface area contributed by atoms with Gasteiger partial charge in [0.25, 0.3) is 0 Å². The molecule has 7 atom stereocenters. The highest BCUT2D eigenvalue weighted by Crippen LogP contribution is 2.65. The first-order chi connectivity index (χ1) is 17.4. The molecule has 3 aliphatic rings. The Morgan fingerprint density at radius 1 is 1.21 bits per heavy atom. The molecule has 0 spiro atoms. The van der Waals surface area contributed by atoms with Crippen molar-refractivity contribution in [3.63, 3.8) is 0 Å². The number of amides is 4. The van der Waals surface area contributed by atoms with E-state index in [1.165, 1.54) is 11.8 Å². The first kappa shape index (κ1) is 29.7. The summed E-state index contributed by atoms with van der Waals surface area (Å²) in [6.07, 6.45) is -4.54. The minimum Gasteiger partial charge on any atom is -0.356 e. The van der Waals surface area contributed by atoms with Crippen molar-refractivity contribution < 1.29 is 32.3 Å². The fraction of sp³-hybridized carbons (Fsp3) is 0.800. The Hall–Kier alpha value is -2.88. The molecule has 212 valence electrons. The smallest absolute Gasteiger partial charge is 0.356 e. The number of nitrogens with one attached hydrogen (secondary N) is 4. The van der Waals surface area contributed by atoms with Crippen LogP contribution in [0.4, 0.5) is 13.2 Å². The average molecular weight is 543 g/mol. The molecule has 3 fully saturated rings. The summed E-state index contributed by atoms with van der Waals surface area (Å²) in [5.74, 6) is -4.58. The summed E-state index contributed by atoms with van der Waals surface area (Å²) in [5, 5.41) is 19.8. The number of nitrogens with zero attached hydrogens (tertiary/aromatic N) is 2. The molecule has 0 aromatic heterocycles. The zero-order chi connectivity index (χ0) is 28.8. The van der Waals surface area contributed by atoms with Crippen LogP contribution in [0.25, 0.3) is 0 Å². The Labute approximate surface area is 220 Å². The van der Waals surface area contributed by atoms with Gasteiger partial charge < -0.3 is 26.2 Å². The number of hydrogen-bond acceptors (Lipinski definition) is 6. The van der Waals surface area contributed by atoms with E-state index in [1.54, 1.807) is 20.8 Å². The third-order valence-electron chi connectivity index (χ3n) is 7.89. The predicted octanol–water partition coefficient (Wildman–Crippen LogP) is 0.828. The average Bonchev–Trinajstić information content (AvgIpc) is 3.14. The normalized spacial score (nSPS) is 28.4. The maximum atomic E-state index is 13.7. The molecule has 0 aromatic rings. The molecule has 3 rings (SSSR count). The number of nitriles is 1. The SMILES string of the molecule is CC(NC(C)(C)C)[C@H](NC(=O)C(F)(F)F)C(=O)N1C[C@H]2C([C@H]1C(=O)N[C@H](C#N)C[C@@H]1CCNC1=O)C2(C)C. The predicted molar refractivity (Wildman–Crippen MR) is 130 cm³/mol. The van der Waals surface area contributed by atoms with E-state index < -0.39 is 59.5 Å². The molecule has 0 radical (unpaired) electrons. The van der Waals surface area contributed by atoms with Crippen molar-refractivity contribution in [2.24, 2.45) is 23.2 Å². The van der Waals surface area contributed by atoms with E-state index in [0.717, 1.165) is 0 Å². The van der Waals surface area contributed by atoms with Gasteiger partial charge in [-0.15, -0.1) is 0 Å².